The number of piperazine rings is 1. The van der Waals surface area contributed by atoms with Gasteiger partial charge in [0, 0.05) is 46.3 Å². The molecule has 0 aromatic carbocycles. The third kappa shape index (κ3) is 4.40. The number of carboxylic acid groups (broad SMARTS) is 1. The summed E-state index contributed by atoms with van der Waals surface area (Å²) in [7, 11) is 1.73. The van der Waals surface area contributed by atoms with Crippen molar-refractivity contribution >= 4 is 6.09 Å². The Bertz CT molecular complexity index is 182. The molecule has 1 heterocycles. The molecule has 6 nitrogen and oxygen atoms in total. The number of likely N-dealkylation sites (N-methyl/N-ethyl adjacent to an activating group) is 1. The number of amides is 1. The molecule has 0 aliphatic carbocycles. The molecular weight excluding hydrogens is 184 g/mol. The van der Waals surface area contributed by atoms with Crippen LogP contribution in [0.3, 0.4) is 0 Å². The van der Waals surface area contributed by atoms with E-state index in [0.29, 0.717) is 6.54 Å². The zero-order valence-corrected chi connectivity index (χ0v) is 8.49. The fourth-order valence-corrected chi connectivity index (χ4v) is 1.45. The minimum atomic E-state index is -1.01. The number of nitrogens with one attached hydrogen (secondary N) is 2. The lowest BCUT2D eigenvalue weighted by molar-refractivity contribution is 0.140. The Morgan fingerprint density at radius 1 is 1.57 bits per heavy atom. The Morgan fingerprint density at radius 2 is 2.21 bits per heavy atom. The normalized spacial score (nSPS) is 18.4. The zero-order chi connectivity index (χ0) is 10.4. The van der Waals surface area contributed by atoms with Gasteiger partial charge in [0.05, 0.1) is 0 Å². The molecular formula is C8H18N4O2. The van der Waals surface area contributed by atoms with Gasteiger partial charge in [0.1, 0.15) is 0 Å². The lowest BCUT2D eigenvalue weighted by Gasteiger charge is -2.28. The maximum atomic E-state index is 10.3. The Kier molecular flexibility index (Phi) is 4.64. The fraction of sp³-hybridized carbons (Fsp3) is 0.875. The number of nitrogens with zero attached hydrogens (tertiary/aromatic N) is 2. The third-order valence-electron chi connectivity index (χ3n) is 2.25. The first-order valence-electron chi connectivity index (χ1n) is 4.82. The Hall–Kier alpha value is -0.850. The Morgan fingerprint density at radius 3 is 2.79 bits per heavy atom. The van der Waals surface area contributed by atoms with E-state index in [4.69, 9.17) is 5.11 Å². The van der Waals surface area contributed by atoms with Gasteiger partial charge in [-0.15, -0.1) is 0 Å². The molecule has 14 heavy (non-hydrogen) atoms. The number of hydrogen-bond donors (Lipinski definition) is 3. The van der Waals surface area contributed by atoms with Crippen molar-refractivity contribution in [2.24, 2.45) is 0 Å². The van der Waals surface area contributed by atoms with Gasteiger partial charge < -0.3 is 10.4 Å². The first-order valence-corrected chi connectivity index (χ1v) is 4.82. The van der Waals surface area contributed by atoms with Crippen molar-refractivity contribution in [3.8, 4) is 0 Å². The highest BCUT2D eigenvalue weighted by Gasteiger charge is 2.10. The molecule has 1 amide bonds. The molecule has 1 fully saturated rings. The van der Waals surface area contributed by atoms with Crippen LogP contribution in [0.4, 0.5) is 4.79 Å². The monoisotopic (exact) mass is 202 g/mol. The average Bonchev–Trinajstić information content (AvgIpc) is 2.15. The molecule has 1 aliphatic rings. The summed E-state index contributed by atoms with van der Waals surface area (Å²) in [4.78, 5) is 12.6. The van der Waals surface area contributed by atoms with E-state index in [0.717, 1.165) is 32.7 Å². The van der Waals surface area contributed by atoms with Crippen molar-refractivity contribution < 1.29 is 9.90 Å². The molecule has 0 aromatic rings. The van der Waals surface area contributed by atoms with Gasteiger partial charge in [0.25, 0.3) is 0 Å². The highest BCUT2D eigenvalue weighted by atomic mass is 16.4. The van der Waals surface area contributed by atoms with Crippen molar-refractivity contribution in [2.75, 3.05) is 46.3 Å². The minimum Gasteiger partial charge on any atom is -0.464 e. The summed E-state index contributed by atoms with van der Waals surface area (Å²) in [5.41, 5.74) is 2.29. The summed E-state index contributed by atoms with van der Waals surface area (Å²) >= 11 is 0. The van der Waals surface area contributed by atoms with E-state index in [1.165, 1.54) is 0 Å². The van der Waals surface area contributed by atoms with Crippen LogP contribution in [0.5, 0.6) is 0 Å². The smallest absolute Gasteiger partial charge is 0.419 e. The highest BCUT2D eigenvalue weighted by molar-refractivity contribution is 5.63. The average molecular weight is 202 g/mol. The molecule has 3 N–H and O–H groups in total. The van der Waals surface area contributed by atoms with Gasteiger partial charge in [-0.05, 0) is 0 Å². The molecule has 0 atom stereocenters. The summed E-state index contributed by atoms with van der Waals surface area (Å²) in [6.07, 6.45) is -1.01. The molecule has 1 saturated heterocycles. The largest absolute Gasteiger partial charge is 0.464 e. The van der Waals surface area contributed by atoms with Gasteiger partial charge in [-0.3, -0.25) is 10.3 Å². The highest BCUT2D eigenvalue weighted by Crippen LogP contribution is 1.91. The van der Waals surface area contributed by atoms with E-state index < -0.39 is 6.09 Å². The summed E-state index contributed by atoms with van der Waals surface area (Å²) in [5.74, 6) is 0. The Balaban J connectivity index is 2.09. The van der Waals surface area contributed by atoms with Gasteiger partial charge in [-0.25, -0.2) is 9.80 Å². The lowest BCUT2D eigenvalue weighted by Crippen LogP contribution is -2.48. The predicted molar refractivity (Wildman–Crippen MR) is 53.1 cm³/mol. The zero-order valence-electron chi connectivity index (χ0n) is 8.49. The second-order valence-corrected chi connectivity index (χ2v) is 3.43. The quantitative estimate of drug-likeness (QED) is 0.511. The maximum Gasteiger partial charge on any atom is 0.419 e. The molecule has 82 valence electrons. The summed E-state index contributed by atoms with van der Waals surface area (Å²) < 4.78 is 0. The van der Waals surface area contributed by atoms with E-state index in [2.05, 4.69) is 15.6 Å². The van der Waals surface area contributed by atoms with Crippen LogP contribution >= 0.6 is 0 Å². The predicted octanol–water partition coefficient (Wildman–Crippen LogP) is -0.994. The van der Waals surface area contributed by atoms with Crippen LogP contribution in [-0.2, 0) is 0 Å². The molecule has 1 rings (SSSR count). The van der Waals surface area contributed by atoms with Crippen molar-refractivity contribution in [3.05, 3.63) is 0 Å². The number of carbonyl (C=O) groups is 1. The first kappa shape index (κ1) is 11.2. The van der Waals surface area contributed by atoms with E-state index in [-0.39, 0.29) is 0 Å². The van der Waals surface area contributed by atoms with Crippen LogP contribution in [0.15, 0.2) is 0 Å². The molecule has 0 spiro atoms. The second kappa shape index (κ2) is 5.79. The van der Waals surface area contributed by atoms with Crippen molar-refractivity contribution in [3.63, 3.8) is 0 Å². The van der Waals surface area contributed by atoms with Crippen molar-refractivity contribution in [1.82, 2.24) is 20.7 Å². The maximum absolute atomic E-state index is 10.3. The van der Waals surface area contributed by atoms with Gasteiger partial charge in [-0.1, -0.05) is 0 Å². The van der Waals surface area contributed by atoms with E-state index >= 15 is 0 Å². The summed E-state index contributed by atoms with van der Waals surface area (Å²) in [5, 5.41) is 13.3. The molecule has 1 aliphatic heterocycles. The molecule has 0 radical (unpaired) electrons. The first-order chi connectivity index (χ1) is 6.68. The second-order valence-electron chi connectivity index (χ2n) is 3.43. The van der Waals surface area contributed by atoms with E-state index in [9.17, 15) is 4.79 Å². The third-order valence-corrected chi connectivity index (χ3v) is 2.25. The SMILES string of the molecule is CN(CCN1CCNCC1)NC(=O)O. The topological polar surface area (TPSA) is 67.8 Å². The minimum absolute atomic E-state index is 0.715. The number of rotatable bonds is 4. The van der Waals surface area contributed by atoms with Crippen LogP contribution in [0.2, 0.25) is 0 Å². The van der Waals surface area contributed by atoms with Gasteiger partial charge in [0.2, 0.25) is 0 Å². The van der Waals surface area contributed by atoms with Crippen LogP contribution in [0.1, 0.15) is 0 Å². The standard InChI is InChI=1S/C8H18N4O2/c1-11(10-8(13)14)6-7-12-4-2-9-3-5-12/h9-10H,2-7H2,1H3,(H,13,14). The summed E-state index contributed by atoms with van der Waals surface area (Å²) in [6, 6.07) is 0. The van der Waals surface area contributed by atoms with Crippen LogP contribution in [0, 0.1) is 0 Å². The molecule has 6 heteroatoms. The van der Waals surface area contributed by atoms with Gasteiger partial charge in [-0.2, -0.15) is 0 Å². The van der Waals surface area contributed by atoms with Crippen LogP contribution in [-0.4, -0.2) is 67.4 Å². The molecule has 0 unspecified atom stereocenters. The fourth-order valence-electron chi connectivity index (χ4n) is 1.45. The van der Waals surface area contributed by atoms with Crippen molar-refractivity contribution in [1.29, 1.82) is 0 Å². The van der Waals surface area contributed by atoms with Crippen molar-refractivity contribution in [2.45, 2.75) is 0 Å². The van der Waals surface area contributed by atoms with E-state index in [1.54, 1.807) is 12.1 Å². The Labute approximate surface area is 83.8 Å². The summed E-state index contributed by atoms with van der Waals surface area (Å²) in [6.45, 7) is 5.75. The molecule has 0 bridgehead atoms. The van der Waals surface area contributed by atoms with Gasteiger partial charge in [0.15, 0.2) is 0 Å². The molecule has 0 saturated carbocycles. The molecule has 0 aromatic heterocycles. The van der Waals surface area contributed by atoms with E-state index in [1.807, 2.05) is 0 Å². The lowest BCUT2D eigenvalue weighted by atomic mass is 10.3. The van der Waals surface area contributed by atoms with Crippen LogP contribution in [0.25, 0.3) is 0 Å². The van der Waals surface area contributed by atoms with Crippen LogP contribution < -0.4 is 10.7 Å². The number of hydrazine groups is 1. The van der Waals surface area contributed by atoms with Gasteiger partial charge >= 0.3 is 6.09 Å². The number of hydrogen-bond acceptors (Lipinski definition) is 4.